The highest BCUT2D eigenvalue weighted by Gasteiger charge is 2.28. The lowest BCUT2D eigenvalue weighted by atomic mass is 10.2. The van der Waals surface area contributed by atoms with Crippen molar-refractivity contribution in [3.63, 3.8) is 0 Å². The number of hydrogen-bond acceptors (Lipinski definition) is 5. The van der Waals surface area contributed by atoms with Crippen LogP contribution in [0.5, 0.6) is 0 Å². The van der Waals surface area contributed by atoms with Gasteiger partial charge in [-0.3, -0.25) is 0 Å². The average molecular weight is 338 g/mol. The molecular formula is C13H16BrN5O. The summed E-state index contributed by atoms with van der Waals surface area (Å²) in [5.74, 6) is 0.761. The molecule has 0 aliphatic carbocycles. The van der Waals surface area contributed by atoms with E-state index in [0.29, 0.717) is 0 Å². The molecule has 2 atom stereocenters. The van der Waals surface area contributed by atoms with Gasteiger partial charge in [-0.25, -0.2) is 0 Å². The fourth-order valence-corrected chi connectivity index (χ4v) is 2.77. The summed E-state index contributed by atoms with van der Waals surface area (Å²) < 4.78 is 7.61. The number of benzene rings is 1. The Morgan fingerprint density at radius 2 is 2.10 bits per heavy atom. The summed E-state index contributed by atoms with van der Waals surface area (Å²) in [4.78, 5) is 2.17. The molecule has 106 valence electrons. The Labute approximate surface area is 125 Å². The molecule has 2 heterocycles. The molecular weight excluding hydrogens is 322 g/mol. The molecule has 7 heteroatoms. The van der Waals surface area contributed by atoms with Crippen molar-refractivity contribution in [1.82, 2.24) is 20.2 Å². The summed E-state index contributed by atoms with van der Waals surface area (Å²) in [7, 11) is 0. The molecule has 3 rings (SSSR count). The molecule has 0 amide bonds. The van der Waals surface area contributed by atoms with E-state index >= 15 is 0 Å². The number of tetrazole rings is 1. The lowest BCUT2D eigenvalue weighted by Crippen LogP contribution is -2.48. The van der Waals surface area contributed by atoms with Gasteiger partial charge < -0.3 is 9.64 Å². The predicted molar refractivity (Wildman–Crippen MR) is 79.5 cm³/mol. The van der Waals surface area contributed by atoms with Gasteiger partial charge in [0.15, 0.2) is 0 Å². The third-order valence-corrected chi connectivity index (χ3v) is 3.96. The summed E-state index contributed by atoms with van der Waals surface area (Å²) >= 11 is 3.48. The van der Waals surface area contributed by atoms with Crippen molar-refractivity contribution in [1.29, 1.82) is 0 Å². The quantitative estimate of drug-likeness (QED) is 0.797. The van der Waals surface area contributed by atoms with Gasteiger partial charge in [-0.15, -0.1) is 0 Å². The molecule has 0 bridgehead atoms. The van der Waals surface area contributed by atoms with Gasteiger partial charge in [0.2, 0.25) is 0 Å². The van der Waals surface area contributed by atoms with E-state index < -0.39 is 0 Å². The third-order valence-electron chi connectivity index (χ3n) is 3.24. The zero-order valence-corrected chi connectivity index (χ0v) is 12.8. The number of aromatic nitrogens is 4. The van der Waals surface area contributed by atoms with Crippen molar-refractivity contribution in [3.05, 3.63) is 30.3 Å². The second kappa shape index (κ2) is 5.88. The van der Waals surface area contributed by atoms with E-state index in [0.717, 1.165) is 30.1 Å². The molecule has 2 aromatic rings. The van der Waals surface area contributed by atoms with Gasteiger partial charge in [-0.1, -0.05) is 39.2 Å². The first-order valence-electron chi connectivity index (χ1n) is 6.58. The number of hydrogen-bond donors (Lipinski definition) is 0. The first kappa shape index (κ1) is 13.5. The Balaban J connectivity index is 1.89. The standard InChI is InChI=1S/C13H16BrN5O/c1-10-8-18(9-12(7-14)20-10)13-15-16-17-19(13)11-5-3-2-4-6-11/h2-6,10,12H,7-9H2,1H3. The van der Waals surface area contributed by atoms with Crippen LogP contribution in [-0.4, -0.2) is 50.8 Å². The van der Waals surface area contributed by atoms with Crippen molar-refractivity contribution < 1.29 is 4.74 Å². The second-order valence-corrected chi connectivity index (χ2v) is 5.50. The van der Waals surface area contributed by atoms with E-state index in [1.165, 1.54) is 0 Å². The number of nitrogens with zero attached hydrogens (tertiary/aromatic N) is 5. The van der Waals surface area contributed by atoms with Gasteiger partial charge in [-0.2, -0.15) is 4.68 Å². The molecule has 1 fully saturated rings. The fourth-order valence-electron chi connectivity index (χ4n) is 2.41. The maximum atomic E-state index is 5.84. The molecule has 0 saturated carbocycles. The highest BCUT2D eigenvalue weighted by Crippen LogP contribution is 2.20. The summed E-state index contributed by atoms with van der Waals surface area (Å²) in [6.45, 7) is 3.64. The van der Waals surface area contributed by atoms with Crippen LogP contribution in [0.15, 0.2) is 30.3 Å². The van der Waals surface area contributed by atoms with Gasteiger partial charge in [0.05, 0.1) is 17.9 Å². The molecule has 1 saturated heterocycles. The molecule has 1 aliphatic rings. The summed E-state index contributed by atoms with van der Waals surface area (Å²) in [6, 6.07) is 9.91. The lowest BCUT2D eigenvalue weighted by Gasteiger charge is -2.36. The van der Waals surface area contributed by atoms with Crippen LogP contribution in [0.3, 0.4) is 0 Å². The van der Waals surface area contributed by atoms with Crippen LogP contribution < -0.4 is 4.90 Å². The lowest BCUT2D eigenvalue weighted by molar-refractivity contribution is -0.00261. The van der Waals surface area contributed by atoms with Crippen LogP contribution in [0.4, 0.5) is 5.95 Å². The van der Waals surface area contributed by atoms with Crippen molar-refractivity contribution in [2.75, 3.05) is 23.3 Å². The highest BCUT2D eigenvalue weighted by molar-refractivity contribution is 9.09. The Hall–Kier alpha value is -1.47. The Bertz CT molecular complexity index is 561. The highest BCUT2D eigenvalue weighted by atomic mass is 79.9. The molecule has 20 heavy (non-hydrogen) atoms. The van der Waals surface area contributed by atoms with Crippen molar-refractivity contribution >= 4 is 21.9 Å². The number of alkyl halides is 1. The van der Waals surface area contributed by atoms with Gasteiger partial charge >= 0.3 is 0 Å². The third kappa shape index (κ3) is 2.69. The molecule has 0 N–H and O–H groups in total. The largest absolute Gasteiger partial charge is 0.371 e. The average Bonchev–Trinajstić information content (AvgIpc) is 2.97. The Kier molecular flexibility index (Phi) is 3.98. The zero-order chi connectivity index (χ0) is 13.9. The van der Waals surface area contributed by atoms with Crippen LogP contribution in [0.1, 0.15) is 6.92 Å². The van der Waals surface area contributed by atoms with E-state index in [-0.39, 0.29) is 12.2 Å². The number of rotatable bonds is 3. The van der Waals surface area contributed by atoms with E-state index in [9.17, 15) is 0 Å². The first-order valence-corrected chi connectivity index (χ1v) is 7.70. The van der Waals surface area contributed by atoms with E-state index in [4.69, 9.17) is 4.74 Å². The Morgan fingerprint density at radius 3 is 2.85 bits per heavy atom. The van der Waals surface area contributed by atoms with Crippen molar-refractivity contribution in [3.8, 4) is 5.69 Å². The summed E-state index contributed by atoms with van der Waals surface area (Å²) in [5.41, 5.74) is 0.960. The maximum absolute atomic E-state index is 5.84. The summed E-state index contributed by atoms with van der Waals surface area (Å²) in [5, 5.41) is 12.9. The Morgan fingerprint density at radius 1 is 1.30 bits per heavy atom. The minimum Gasteiger partial charge on any atom is -0.371 e. The second-order valence-electron chi connectivity index (χ2n) is 4.85. The van der Waals surface area contributed by atoms with Crippen LogP contribution in [0.2, 0.25) is 0 Å². The fraction of sp³-hybridized carbons (Fsp3) is 0.462. The molecule has 2 unspecified atom stereocenters. The van der Waals surface area contributed by atoms with Crippen LogP contribution in [0.25, 0.3) is 5.69 Å². The maximum Gasteiger partial charge on any atom is 0.250 e. The number of ether oxygens (including phenoxy) is 1. The number of para-hydroxylation sites is 1. The summed E-state index contributed by atoms with van der Waals surface area (Å²) in [6.07, 6.45) is 0.312. The minimum atomic E-state index is 0.152. The van der Waals surface area contributed by atoms with Crippen LogP contribution >= 0.6 is 15.9 Å². The number of halogens is 1. The normalized spacial score (nSPS) is 23.0. The molecule has 0 radical (unpaired) electrons. The zero-order valence-electron chi connectivity index (χ0n) is 11.2. The monoisotopic (exact) mass is 337 g/mol. The van der Waals surface area contributed by atoms with Gasteiger partial charge in [-0.05, 0) is 29.5 Å². The van der Waals surface area contributed by atoms with Gasteiger partial charge in [0, 0.05) is 18.4 Å². The molecule has 1 aliphatic heterocycles. The first-order chi connectivity index (χ1) is 9.78. The molecule has 6 nitrogen and oxygen atoms in total. The van der Waals surface area contributed by atoms with E-state index in [1.807, 2.05) is 30.3 Å². The van der Waals surface area contributed by atoms with Crippen molar-refractivity contribution in [2.24, 2.45) is 0 Å². The smallest absolute Gasteiger partial charge is 0.250 e. The number of morpholine rings is 1. The van der Waals surface area contributed by atoms with Crippen LogP contribution in [-0.2, 0) is 4.74 Å². The van der Waals surface area contributed by atoms with Crippen LogP contribution in [0, 0.1) is 0 Å². The van der Waals surface area contributed by atoms with E-state index in [1.54, 1.807) is 4.68 Å². The SMILES string of the molecule is CC1CN(c2nnnn2-c2ccccc2)CC(CBr)O1. The predicted octanol–water partition coefficient (Wildman–Crippen LogP) is 1.65. The van der Waals surface area contributed by atoms with Gasteiger partial charge in [0.1, 0.15) is 0 Å². The molecule has 1 aromatic heterocycles. The topological polar surface area (TPSA) is 56.1 Å². The number of anilines is 1. The molecule has 0 spiro atoms. The van der Waals surface area contributed by atoms with Crippen molar-refractivity contribution in [2.45, 2.75) is 19.1 Å². The van der Waals surface area contributed by atoms with Gasteiger partial charge in [0.25, 0.3) is 5.95 Å². The minimum absolute atomic E-state index is 0.152. The molecule has 1 aromatic carbocycles. The van der Waals surface area contributed by atoms with E-state index in [2.05, 4.69) is 43.3 Å².